The minimum Gasteiger partial charge on any atom is -0.377 e. The van der Waals surface area contributed by atoms with Gasteiger partial charge in [0.25, 0.3) is 5.91 Å². The Morgan fingerprint density at radius 1 is 1.43 bits per heavy atom. The molecule has 23 heavy (non-hydrogen) atoms. The van der Waals surface area contributed by atoms with Crippen molar-refractivity contribution in [2.75, 3.05) is 19.8 Å². The summed E-state index contributed by atoms with van der Waals surface area (Å²) in [5, 5.41) is 11.5. The SMILES string of the molecule is Cc1n[nH]c(C)c1[C@H]1COCCN1C(=O)c1cnn(C(C)C)c1. The maximum atomic E-state index is 13.0. The van der Waals surface area contributed by atoms with Crippen molar-refractivity contribution < 1.29 is 9.53 Å². The van der Waals surface area contributed by atoms with Gasteiger partial charge in [0, 0.05) is 30.0 Å². The number of hydrogen-bond donors (Lipinski definition) is 1. The molecule has 1 amide bonds. The highest BCUT2D eigenvalue weighted by Gasteiger charge is 2.32. The molecule has 1 atom stereocenters. The number of H-pyrrole nitrogens is 1. The summed E-state index contributed by atoms with van der Waals surface area (Å²) in [6, 6.07) is 0.118. The maximum Gasteiger partial charge on any atom is 0.257 e. The highest BCUT2D eigenvalue weighted by molar-refractivity contribution is 5.94. The van der Waals surface area contributed by atoms with Crippen molar-refractivity contribution in [2.24, 2.45) is 0 Å². The number of amides is 1. The van der Waals surface area contributed by atoms with Crippen molar-refractivity contribution >= 4 is 5.91 Å². The van der Waals surface area contributed by atoms with Crippen molar-refractivity contribution in [3.8, 4) is 0 Å². The topological polar surface area (TPSA) is 76.0 Å². The average molecular weight is 317 g/mol. The molecule has 1 N–H and O–H groups in total. The molecule has 1 saturated heterocycles. The van der Waals surface area contributed by atoms with Gasteiger partial charge in [0.05, 0.1) is 36.7 Å². The molecule has 0 saturated carbocycles. The lowest BCUT2D eigenvalue weighted by Gasteiger charge is -2.35. The number of nitrogens with zero attached hydrogens (tertiary/aromatic N) is 4. The van der Waals surface area contributed by atoms with Crippen molar-refractivity contribution in [3.63, 3.8) is 0 Å². The molecule has 0 aliphatic carbocycles. The molecule has 2 aromatic rings. The van der Waals surface area contributed by atoms with E-state index in [0.717, 1.165) is 17.0 Å². The molecule has 7 nitrogen and oxygen atoms in total. The Balaban J connectivity index is 1.90. The van der Waals surface area contributed by atoms with Gasteiger partial charge >= 0.3 is 0 Å². The summed E-state index contributed by atoms with van der Waals surface area (Å²) >= 11 is 0. The lowest BCUT2D eigenvalue weighted by atomic mass is 10.0. The minimum absolute atomic E-state index is 0.00907. The fraction of sp³-hybridized carbons (Fsp3) is 0.562. The largest absolute Gasteiger partial charge is 0.377 e. The Bertz CT molecular complexity index is 684. The van der Waals surface area contributed by atoms with Crippen molar-refractivity contribution in [3.05, 3.63) is 34.9 Å². The van der Waals surface area contributed by atoms with E-state index in [4.69, 9.17) is 4.74 Å². The number of aryl methyl sites for hydroxylation is 2. The van der Waals surface area contributed by atoms with E-state index in [1.165, 1.54) is 0 Å². The fourth-order valence-corrected chi connectivity index (χ4v) is 3.03. The van der Waals surface area contributed by atoms with Crippen molar-refractivity contribution in [2.45, 2.75) is 39.8 Å². The third kappa shape index (κ3) is 2.88. The Morgan fingerprint density at radius 2 is 2.22 bits per heavy atom. The van der Waals surface area contributed by atoms with Crippen LogP contribution in [0.1, 0.15) is 53.2 Å². The maximum absolute atomic E-state index is 13.0. The summed E-state index contributed by atoms with van der Waals surface area (Å²) in [5.41, 5.74) is 3.56. The summed E-state index contributed by atoms with van der Waals surface area (Å²) in [6.45, 7) is 9.62. The predicted octanol–water partition coefficient (Wildman–Crippen LogP) is 2.02. The lowest BCUT2D eigenvalue weighted by Crippen LogP contribution is -2.43. The number of morpholine rings is 1. The number of aromatic nitrogens is 4. The van der Waals surface area contributed by atoms with Gasteiger partial charge in [-0.15, -0.1) is 0 Å². The van der Waals surface area contributed by atoms with Crippen LogP contribution in [-0.2, 0) is 4.74 Å². The van der Waals surface area contributed by atoms with E-state index in [2.05, 4.69) is 15.3 Å². The first kappa shape index (κ1) is 15.7. The van der Waals surface area contributed by atoms with Gasteiger partial charge in [0.2, 0.25) is 0 Å². The first-order valence-electron chi connectivity index (χ1n) is 7.93. The Kier molecular flexibility index (Phi) is 4.21. The molecule has 1 aliphatic rings. The standard InChI is InChI=1S/C16H23N5O2/c1-10(2)21-8-13(7-17-21)16(22)20-5-6-23-9-14(20)15-11(3)18-19-12(15)4/h7-8,10,14H,5-6,9H2,1-4H3,(H,18,19)/t14-/m1/s1. The van der Waals surface area contributed by atoms with Crippen LogP contribution in [0.5, 0.6) is 0 Å². The van der Waals surface area contributed by atoms with Gasteiger partial charge in [-0.2, -0.15) is 10.2 Å². The molecule has 1 aliphatic heterocycles. The Labute approximate surface area is 135 Å². The molecule has 2 aromatic heterocycles. The van der Waals surface area contributed by atoms with Crippen LogP contribution in [0.2, 0.25) is 0 Å². The van der Waals surface area contributed by atoms with Crippen LogP contribution in [0, 0.1) is 13.8 Å². The summed E-state index contributed by atoms with van der Waals surface area (Å²) < 4.78 is 7.42. The molecule has 7 heteroatoms. The van der Waals surface area contributed by atoms with Gasteiger partial charge in [0.15, 0.2) is 0 Å². The second-order valence-corrected chi connectivity index (χ2v) is 6.24. The van der Waals surface area contributed by atoms with Crippen LogP contribution in [0.15, 0.2) is 12.4 Å². The number of rotatable bonds is 3. The molecule has 0 bridgehead atoms. The molecule has 0 aromatic carbocycles. The first-order valence-corrected chi connectivity index (χ1v) is 7.93. The van der Waals surface area contributed by atoms with Gasteiger partial charge in [-0.05, 0) is 27.7 Å². The number of hydrogen-bond acceptors (Lipinski definition) is 4. The number of aromatic amines is 1. The van der Waals surface area contributed by atoms with E-state index >= 15 is 0 Å². The average Bonchev–Trinajstić information content (AvgIpc) is 3.14. The van der Waals surface area contributed by atoms with E-state index in [9.17, 15) is 4.79 Å². The number of nitrogens with one attached hydrogen (secondary N) is 1. The normalized spacial score (nSPS) is 18.7. The number of ether oxygens (including phenoxy) is 1. The van der Waals surface area contributed by atoms with Crippen LogP contribution in [0.4, 0.5) is 0 Å². The number of carbonyl (C=O) groups excluding carboxylic acids is 1. The monoisotopic (exact) mass is 317 g/mol. The highest BCUT2D eigenvalue weighted by atomic mass is 16.5. The minimum atomic E-state index is -0.114. The Hall–Kier alpha value is -2.15. The van der Waals surface area contributed by atoms with Gasteiger partial charge in [-0.3, -0.25) is 14.6 Å². The quantitative estimate of drug-likeness (QED) is 0.939. The molecule has 3 rings (SSSR count). The zero-order chi connectivity index (χ0) is 16.6. The molecule has 3 heterocycles. The lowest BCUT2D eigenvalue weighted by molar-refractivity contribution is -0.00302. The zero-order valence-corrected chi connectivity index (χ0v) is 14.0. The molecule has 0 spiro atoms. The summed E-state index contributed by atoms with van der Waals surface area (Å²) in [4.78, 5) is 14.8. The summed E-state index contributed by atoms with van der Waals surface area (Å²) in [5.74, 6) is -0.00907. The second kappa shape index (κ2) is 6.16. The molecule has 0 radical (unpaired) electrons. The highest BCUT2D eigenvalue weighted by Crippen LogP contribution is 2.29. The third-order valence-electron chi connectivity index (χ3n) is 4.29. The van der Waals surface area contributed by atoms with Gasteiger partial charge in [-0.25, -0.2) is 0 Å². The van der Waals surface area contributed by atoms with Crippen LogP contribution >= 0.6 is 0 Å². The summed E-state index contributed by atoms with van der Waals surface area (Å²) in [6.07, 6.45) is 3.46. The van der Waals surface area contributed by atoms with E-state index in [-0.39, 0.29) is 18.0 Å². The molecular weight excluding hydrogens is 294 g/mol. The summed E-state index contributed by atoms with van der Waals surface area (Å²) in [7, 11) is 0. The van der Waals surface area contributed by atoms with E-state index in [0.29, 0.717) is 25.3 Å². The second-order valence-electron chi connectivity index (χ2n) is 6.24. The van der Waals surface area contributed by atoms with Crippen LogP contribution in [0.25, 0.3) is 0 Å². The first-order chi connectivity index (χ1) is 11.0. The fourth-order valence-electron chi connectivity index (χ4n) is 3.03. The van der Waals surface area contributed by atoms with Gasteiger partial charge < -0.3 is 9.64 Å². The van der Waals surface area contributed by atoms with Crippen molar-refractivity contribution in [1.29, 1.82) is 0 Å². The van der Waals surface area contributed by atoms with E-state index in [1.54, 1.807) is 10.9 Å². The predicted molar refractivity (Wildman–Crippen MR) is 85.3 cm³/mol. The smallest absolute Gasteiger partial charge is 0.257 e. The number of carbonyl (C=O) groups is 1. The van der Waals surface area contributed by atoms with Crippen LogP contribution in [0.3, 0.4) is 0 Å². The zero-order valence-electron chi connectivity index (χ0n) is 14.0. The molecule has 0 unspecified atom stereocenters. The van der Waals surface area contributed by atoms with Crippen LogP contribution in [-0.4, -0.2) is 50.5 Å². The van der Waals surface area contributed by atoms with Gasteiger partial charge in [-0.1, -0.05) is 0 Å². The molecular formula is C16H23N5O2. The molecule has 1 fully saturated rings. The Morgan fingerprint density at radius 3 is 2.83 bits per heavy atom. The third-order valence-corrected chi connectivity index (χ3v) is 4.29. The van der Waals surface area contributed by atoms with Crippen molar-refractivity contribution in [1.82, 2.24) is 24.9 Å². The van der Waals surface area contributed by atoms with E-state index in [1.807, 2.05) is 38.8 Å². The molecule has 124 valence electrons. The van der Waals surface area contributed by atoms with Gasteiger partial charge in [0.1, 0.15) is 0 Å². The van der Waals surface area contributed by atoms with Crippen LogP contribution < -0.4 is 0 Å². The van der Waals surface area contributed by atoms with E-state index < -0.39 is 0 Å².